The molecule has 0 spiro atoms. The van der Waals surface area contributed by atoms with Crippen molar-refractivity contribution in [2.75, 3.05) is 26.7 Å². The third-order valence-electron chi connectivity index (χ3n) is 3.32. The van der Waals surface area contributed by atoms with Gasteiger partial charge >= 0.3 is 0 Å². The van der Waals surface area contributed by atoms with Crippen molar-refractivity contribution in [1.29, 1.82) is 0 Å². The van der Waals surface area contributed by atoms with Gasteiger partial charge in [0.15, 0.2) is 0 Å². The molecule has 3 nitrogen and oxygen atoms in total. The Kier molecular flexibility index (Phi) is 5.15. The molecule has 0 aromatic carbocycles. The van der Waals surface area contributed by atoms with E-state index in [-0.39, 0.29) is 5.41 Å². The number of nitrogens with zero attached hydrogens (tertiary/aromatic N) is 1. The molecule has 1 rings (SSSR count). The first-order valence-corrected chi connectivity index (χ1v) is 6.43. The molecule has 2 N–H and O–H groups in total. The molecule has 1 aliphatic rings. The lowest BCUT2D eigenvalue weighted by atomic mass is 9.89. The number of likely N-dealkylation sites (N-methyl/N-ethyl adjacent to an activating group) is 1. The molecule has 94 valence electrons. The van der Waals surface area contributed by atoms with Gasteiger partial charge in [-0.25, -0.2) is 0 Å². The monoisotopic (exact) mass is 244 g/mol. The van der Waals surface area contributed by atoms with Crippen molar-refractivity contribution >= 4 is 17.2 Å². The van der Waals surface area contributed by atoms with E-state index in [4.69, 9.17) is 22.7 Å². The Labute approximate surface area is 104 Å². The Bertz CT molecular complexity index is 237. The molecular weight excluding hydrogens is 220 g/mol. The zero-order valence-corrected chi connectivity index (χ0v) is 11.5. The van der Waals surface area contributed by atoms with Crippen molar-refractivity contribution in [2.45, 2.75) is 39.2 Å². The third kappa shape index (κ3) is 4.36. The SMILES string of the molecule is CN(CCC(C)(C)C(N)=S)CC1CCCO1. The Morgan fingerprint density at radius 3 is 2.75 bits per heavy atom. The van der Waals surface area contributed by atoms with Crippen LogP contribution in [0, 0.1) is 5.41 Å². The van der Waals surface area contributed by atoms with Crippen molar-refractivity contribution in [2.24, 2.45) is 11.1 Å². The predicted octanol–water partition coefficient (Wildman–Crippen LogP) is 1.80. The number of nitrogens with two attached hydrogens (primary N) is 1. The Balaban J connectivity index is 2.23. The van der Waals surface area contributed by atoms with E-state index >= 15 is 0 Å². The largest absolute Gasteiger partial charge is 0.393 e. The highest BCUT2D eigenvalue weighted by molar-refractivity contribution is 7.80. The summed E-state index contributed by atoms with van der Waals surface area (Å²) in [7, 11) is 2.14. The number of thiocarbonyl (C=S) groups is 1. The molecule has 0 saturated carbocycles. The second-order valence-electron chi connectivity index (χ2n) is 5.40. The molecule has 1 atom stereocenters. The molecule has 0 aromatic heterocycles. The van der Waals surface area contributed by atoms with E-state index in [1.807, 2.05) is 0 Å². The van der Waals surface area contributed by atoms with Gasteiger partial charge in [-0.05, 0) is 32.9 Å². The molecule has 0 aliphatic carbocycles. The van der Waals surface area contributed by atoms with E-state index < -0.39 is 0 Å². The molecule has 4 heteroatoms. The molecule has 0 bridgehead atoms. The van der Waals surface area contributed by atoms with Crippen LogP contribution in [0.1, 0.15) is 33.1 Å². The topological polar surface area (TPSA) is 38.5 Å². The molecule has 1 heterocycles. The summed E-state index contributed by atoms with van der Waals surface area (Å²) in [5.41, 5.74) is 5.67. The van der Waals surface area contributed by atoms with Crippen LogP contribution in [0.2, 0.25) is 0 Å². The van der Waals surface area contributed by atoms with E-state index in [9.17, 15) is 0 Å². The smallest absolute Gasteiger partial charge is 0.0784 e. The van der Waals surface area contributed by atoms with Crippen LogP contribution in [0.15, 0.2) is 0 Å². The minimum atomic E-state index is -0.0415. The molecular formula is C12H24N2OS. The van der Waals surface area contributed by atoms with E-state index in [1.165, 1.54) is 12.8 Å². The summed E-state index contributed by atoms with van der Waals surface area (Å²) in [6.45, 7) is 7.18. The summed E-state index contributed by atoms with van der Waals surface area (Å²) in [6, 6.07) is 0. The standard InChI is InChI=1S/C12H24N2OS/c1-12(2,11(13)16)6-7-14(3)9-10-5-4-8-15-10/h10H,4-9H2,1-3H3,(H2,13,16). The summed E-state index contributed by atoms with van der Waals surface area (Å²) in [5.74, 6) is 0. The summed E-state index contributed by atoms with van der Waals surface area (Å²) < 4.78 is 5.61. The van der Waals surface area contributed by atoms with Crippen LogP contribution in [0.5, 0.6) is 0 Å². The van der Waals surface area contributed by atoms with Crippen LogP contribution in [0.25, 0.3) is 0 Å². The number of rotatable bonds is 6. The highest BCUT2D eigenvalue weighted by Gasteiger charge is 2.23. The zero-order valence-electron chi connectivity index (χ0n) is 10.7. The number of ether oxygens (including phenoxy) is 1. The fourth-order valence-corrected chi connectivity index (χ4v) is 1.92. The second-order valence-corrected chi connectivity index (χ2v) is 5.84. The quantitative estimate of drug-likeness (QED) is 0.723. The first-order chi connectivity index (χ1) is 7.42. The molecule has 0 amide bonds. The first kappa shape index (κ1) is 13.9. The minimum absolute atomic E-state index is 0.0415. The minimum Gasteiger partial charge on any atom is -0.393 e. The van der Waals surface area contributed by atoms with Gasteiger partial charge in [-0.15, -0.1) is 0 Å². The van der Waals surface area contributed by atoms with Gasteiger partial charge in [0.2, 0.25) is 0 Å². The highest BCUT2D eigenvalue weighted by atomic mass is 32.1. The maximum atomic E-state index is 5.71. The maximum absolute atomic E-state index is 5.71. The Morgan fingerprint density at radius 1 is 1.56 bits per heavy atom. The Hall–Kier alpha value is -0.190. The number of hydrogen-bond donors (Lipinski definition) is 1. The van der Waals surface area contributed by atoms with E-state index in [1.54, 1.807) is 0 Å². The molecule has 0 radical (unpaired) electrons. The molecule has 0 aromatic rings. The third-order valence-corrected chi connectivity index (χ3v) is 3.88. The van der Waals surface area contributed by atoms with Crippen molar-refractivity contribution in [3.63, 3.8) is 0 Å². The lowest BCUT2D eigenvalue weighted by Crippen LogP contribution is -2.36. The van der Waals surface area contributed by atoms with Crippen LogP contribution in [-0.4, -0.2) is 42.7 Å². The first-order valence-electron chi connectivity index (χ1n) is 6.02. The Morgan fingerprint density at radius 2 is 2.25 bits per heavy atom. The van der Waals surface area contributed by atoms with Gasteiger partial charge in [0.05, 0.1) is 11.1 Å². The lowest BCUT2D eigenvalue weighted by molar-refractivity contribution is 0.0792. The van der Waals surface area contributed by atoms with Crippen molar-refractivity contribution in [3.05, 3.63) is 0 Å². The molecule has 1 fully saturated rings. The van der Waals surface area contributed by atoms with Gasteiger partial charge in [-0.2, -0.15) is 0 Å². The predicted molar refractivity (Wildman–Crippen MR) is 71.7 cm³/mol. The highest BCUT2D eigenvalue weighted by Crippen LogP contribution is 2.21. The van der Waals surface area contributed by atoms with Crippen molar-refractivity contribution in [1.82, 2.24) is 4.90 Å². The maximum Gasteiger partial charge on any atom is 0.0784 e. The van der Waals surface area contributed by atoms with E-state index in [0.29, 0.717) is 11.1 Å². The van der Waals surface area contributed by atoms with Crippen molar-refractivity contribution in [3.8, 4) is 0 Å². The van der Waals surface area contributed by atoms with Crippen LogP contribution >= 0.6 is 12.2 Å². The average molecular weight is 244 g/mol. The van der Waals surface area contributed by atoms with Crippen LogP contribution in [0.3, 0.4) is 0 Å². The lowest BCUT2D eigenvalue weighted by Gasteiger charge is -2.27. The van der Waals surface area contributed by atoms with E-state index in [2.05, 4.69) is 25.8 Å². The summed E-state index contributed by atoms with van der Waals surface area (Å²) in [6.07, 6.45) is 3.84. The van der Waals surface area contributed by atoms with E-state index in [0.717, 1.165) is 26.1 Å². The fraction of sp³-hybridized carbons (Fsp3) is 0.917. The summed E-state index contributed by atoms with van der Waals surface area (Å²) >= 11 is 5.06. The van der Waals surface area contributed by atoms with Crippen LogP contribution in [-0.2, 0) is 4.74 Å². The zero-order chi connectivity index (χ0) is 12.2. The van der Waals surface area contributed by atoms with Gasteiger partial charge in [-0.3, -0.25) is 0 Å². The number of hydrogen-bond acceptors (Lipinski definition) is 3. The molecule has 1 unspecified atom stereocenters. The fourth-order valence-electron chi connectivity index (χ4n) is 1.82. The van der Waals surface area contributed by atoms with Gasteiger partial charge in [0.25, 0.3) is 0 Å². The second kappa shape index (κ2) is 5.94. The molecule has 1 aliphatic heterocycles. The molecule has 1 saturated heterocycles. The van der Waals surface area contributed by atoms with Gasteiger partial charge < -0.3 is 15.4 Å². The summed E-state index contributed by atoms with van der Waals surface area (Å²) in [4.78, 5) is 2.92. The van der Waals surface area contributed by atoms with Crippen molar-refractivity contribution < 1.29 is 4.74 Å². The normalized spacial score (nSPS) is 21.6. The molecule has 16 heavy (non-hydrogen) atoms. The van der Waals surface area contributed by atoms with Gasteiger partial charge in [0.1, 0.15) is 0 Å². The van der Waals surface area contributed by atoms with Gasteiger partial charge in [0, 0.05) is 18.6 Å². The van der Waals surface area contributed by atoms with Crippen LogP contribution < -0.4 is 5.73 Å². The van der Waals surface area contributed by atoms with Gasteiger partial charge in [-0.1, -0.05) is 26.1 Å². The average Bonchev–Trinajstić information content (AvgIpc) is 2.67. The van der Waals surface area contributed by atoms with Crippen LogP contribution in [0.4, 0.5) is 0 Å². The summed E-state index contributed by atoms with van der Waals surface area (Å²) in [5, 5.41) is 0.